The molecule has 1 aliphatic heterocycles. The molecule has 2 rings (SSSR count). The minimum atomic E-state index is 0.619. The van der Waals surface area contributed by atoms with Gasteiger partial charge >= 0.3 is 0 Å². The van der Waals surface area contributed by atoms with Crippen LogP contribution in [0.4, 0.5) is 5.69 Å². The molecule has 0 amide bonds. The number of piperidine rings is 1. The SMILES string of the molecule is CCC1CCCCN1c1cnc(Cl)c(C)c1. The van der Waals surface area contributed by atoms with E-state index >= 15 is 0 Å². The summed E-state index contributed by atoms with van der Waals surface area (Å²) >= 11 is 5.96. The van der Waals surface area contributed by atoms with E-state index in [1.165, 1.54) is 31.4 Å². The first-order valence-electron chi connectivity index (χ1n) is 6.11. The molecule has 1 atom stereocenters. The smallest absolute Gasteiger partial charge is 0.132 e. The molecule has 0 bridgehead atoms. The van der Waals surface area contributed by atoms with Crippen molar-refractivity contribution in [3.63, 3.8) is 0 Å². The van der Waals surface area contributed by atoms with E-state index < -0.39 is 0 Å². The molecule has 1 aromatic rings. The van der Waals surface area contributed by atoms with Crippen LogP contribution in [0, 0.1) is 6.92 Å². The lowest BCUT2D eigenvalue weighted by molar-refractivity contribution is 0.449. The lowest BCUT2D eigenvalue weighted by atomic mass is 9.99. The van der Waals surface area contributed by atoms with Crippen molar-refractivity contribution in [1.29, 1.82) is 0 Å². The Morgan fingerprint density at radius 1 is 1.50 bits per heavy atom. The fourth-order valence-electron chi connectivity index (χ4n) is 2.47. The van der Waals surface area contributed by atoms with Gasteiger partial charge in [0.2, 0.25) is 0 Å². The molecule has 1 unspecified atom stereocenters. The zero-order valence-corrected chi connectivity index (χ0v) is 10.8. The molecule has 1 aromatic heterocycles. The van der Waals surface area contributed by atoms with Crippen molar-refractivity contribution in [2.45, 2.75) is 45.6 Å². The summed E-state index contributed by atoms with van der Waals surface area (Å²) in [7, 11) is 0. The second-order valence-corrected chi connectivity index (χ2v) is 4.91. The molecule has 0 radical (unpaired) electrons. The van der Waals surface area contributed by atoms with Crippen molar-refractivity contribution in [1.82, 2.24) is 4.98 Å². The Hall–Kier alpha value is -0.760. The molecule has 2 nitrogen and oxygen atoms in total. The monoisotopic (exact) mass is 238 g/mol. The van der Waals surface area contributed by atoms with Crippen LogP contribution >= 0.6 is 11.6 Å². The maximum Gasteiger partial charge on any atom is 0.132 e. The Morgan fingerprint density at radius 3 is 3.00 bits per heavy atom. The summed E-state index contributed by atoms with van der Waals surface area (Å²) in [5.41, 5.74) is 2.30. The van der Waals surface area contributed by atoms with Gasteiger partial charge in [-0.25, -0.2) is 4.98 Å². The van der Waals surface area contributed by atoms with Crippen LogP contribution in [0.5, 0.6) is 0 Å². The minimum absolute atomic E-state index is 0.619. The largest absolute Gasteiger partial charge is 0.367 e. The lowest BCUT2D eigenvalue weighted by Crippen LogP contribution is -2.39. The van der Waals surface area contributed by atoms with E-state index in [2.05, 4.69) is 22.9 Å². The zero-order valence-electron chi connectivity index (χ0n) is 10.0. The summed E-state index contributed by atoms with van der Waals surface area (Å²) in [4.78, 5) is 6.73. The average Bonchev–Trinajstić information content (AvgIpc) is 2.32. The highest BCUT2D eigenvalue weighted by Gasteiger charge is 2.21. The number of anilines is 1. The van der Waals surface area contributed by atoms with Gasteiger partial charge in [0.25, 0.3) is 0 Å². The Kier molecular flexibility index (Phi) is 3.70. The maximum absolute atomic E-state index is 5.96. The number of hydrogen-bond acceptors (Lipinski definition) is 2. The van der Waals surface area contributed by atoms with Crippen LogP contribution in [0.2, 0.25) is 5.15 Å². The van der Waals surface area contributed by atoms with Gasteiger partial charge < -0.3 is 4.90 Å². The number of nitrogens with zero attached hydrogens (tertiary/aromatic N) is 2. The average molecular weight is 239 g/mol. The van der Waals surface area contributed by atoms with Crippen LogP contribution in [-0.4, -0.2) is 17.6 Å². The standard InChI is InChI=1S/C13H19ClN2/c1-3-11-6-4-5-7-16(11)12-8-10(2)13(14)15-9-12/h8-9,11H,3-7H2,1-2H3. The van der Waals surface area contributed by atoms with Crippen LogP contribution in [-0.2, 0) is 0 Å². The van der Waals surface area contributed by atoms with Crippen molar-refractivity contribution >= 4 is 17.3 Å². The second kappa shape index (κ2) is 5.05. The first kappa shape index (κ1) is 11.7. The highest BCUT2D eigenvalue weighted by Crippen LogP contribution is 2.27. The molecule has 3 heteroatoms. The van der Waals surface area contributed by atoms with Crippen LogP contribution < -0.4 is 4.90 Å². The van der Waals surface area contributed by atoms with Crippen molar-refractivity contribution < 1.29 is 0 Å². The van der Waals surface area contributed by atoms with E-state index in [0.717, 1.165) is 12.1 Å². The predicted octanol–water partition coefficient (Wildman–Crippen LogP) is 3.81. The van der Waals surface area contributed by atoms with Crippen molar-refractivity contribution in [2.75, 3.05) is 11.4 Å². The van der Waals surface area contributed by atoms with E-state index in [1.54, 1.807) is 0 Å². The molecular formula is C13H19ClN2. The fourth-order valence-corrected chi connectivity index (χ4v) is 2.57. The minimum Gasteiger partial charge on any atom is -0.367 e. The first-order chi connectivity index (χ1) is 7.72. The summed E-state index contributed by atoms with van der Waals surface area (Å²) < 4.78 is 0. The van der Waals surface area contributed by atoms with Gasteiger partial charge in [-0.05, 0) is 44.2 Å². The number of pyridine rings is 1. The van der Waals surface area contributed by atoms with Crippen molar-refractivity contribution in [2.24, 2.45) is 0 Å². The number of hydrogen-bond donors (Lipinski definition) is 0. The van der Waals surface area contributed by atoms with Crippen LogP contribution in [0.3, 0.4) is 0 Å². The van der Waals surface area contributed by atoms with Crippen molar-refractivity contribution in [3.8, 4) is 0 Å². The molecule has 0 aromatic carbocycles. The van der Waals surface area contributed by atoms with E-state index in [1.807, 2.05) is 13.1 Å². The summed E-state index contributed by atoms with van der Waals surface area (Å²) in [5, 5.41) is 0.619. The molecule has 16 heavy (non-hydrogen) atoms. The summed E-state index contributed by atoms with van der Waals surface area (Å²) in [5.74, 6) is 0. The van der Waals surface area contributed by atoms with E-state index in [4.69, 9.17) is 11.6 Å². The summed E-state index contributed by atoms with van der Waals surface area (Å²) in [6, 6.07) is 2.83. The number of halogens is 1. The van der Waals surface area contributed by atoms with Gasteiger partial charge in [0.05, 0.1) is 11.9 Å². The fraction of sp³-hybridized carbons (Fsp3) is 0.615. The van der Waals surface area contributed by atoms with Gasteiger partial charge in [0, 0.05) is 12.6 Å². The molecule has 0 spiro atoms. The van der Waals surface area contributed by atoms with Gasteiger partial charge in [-0.1, -0.05) is 18.5 Å². The summed E-state index contributed by atoms with van der Waals surface area (Å²) in [6.45, 7) is 5.43. The van der Waals surface area contributed by atoms with Gasteiger partial charge in [-0.3, -0.25) is 0 Å². The molecule has 1 aliphatic rings. The maximum atomic E-state index is 5.96. The highest BCUT2D eigenvalue weighted by molar-refractivity contribution is 6.30. The first-order valence-corrected chi connectivity index (χ1v) is 6.49. The van der Waals surface area contributed by atoms with E-state index in [-0.39, 0.29) is 0 Å². The van der Waals surface area contributed by atoms with E-state index in [9.17, 15) is 0 Å². The molecule has 1 saturated heterocycles. The zero-order chi connectivity index (χ0) is 11.5. The Labute approximate surface area is 103 Å². The molecular weight excluding hydrogens is 220 g/mol. The predicted molar refractivity (Wildman–Crippen MR) is 69.3 cm³/mol. The molecule has 0 N–H and O–H groups in total. The van der Waals surface area contributed by atoms with Crippen LogP contribution in [0.1, 0.15) is 38.2 Å². The lowest BCUT2D eigenvalue weighted by Gasteiger charge is -2.37. The van der Waals surface area contributed by atoms with Crippen LogP contribution in [0.15, 0.2) is 12.3 Å². The van der Waals surface area contributed by atoms with Gasteiger partial charge in [0.15, 0.2) is 0 Å². The highest BCUT2D eigenvalue weighted by atomic mass is 35.5. The summed E-state index contributed by atoms with van der Waals surface area (Å²) in [6.07, 6.45) is 7.07. The topological polar surface area (TPSA) is 16.1 Å². The third-order valence-electron chi connectivity index (χ3n) is 3.43. The third-order valence-corrected chi connectivity index (χ3v) is 3.83. The molecule has 1 fully saturated rings. The Bertz CT molecular complexity index is 365. The third kappa shape index (κ3) is 2.32. The Morgan fingerprint density at radius 2 is 2.31 bits per heavy atom. The number of aryl methyl sites for hydroxylation is 1. The number of rotatable bonds is 2. The normalized spacial score (nSPS) is 21.2. The molecule has 2 heterocycles. The van der Waals surface area contributed by atoms with Crippen molar-refractivity contribution in [3.05, 3.63) is 23.0 Å². The quantitative estimate of drug-likeness (QED) is 0.729. The molecule has 0 aliphatic carbocycles. The van der Waals surface area contributed by atoms with Gasteiger partial charge in [-0.15, -0.1) is 0 Å². The molecule has 0 saturated carbocycles. The van der Waals surface area contributed by atoms with Gasteiger partial charge in [-0.2, -0.15) is 0 Å². The van der Waals surface area contributed by atoms with Crippen LogP contribution in [0.25, 0.3) is 0 Å². The Balaban J connectivity index is 2.23. The second-order valence-electron chi connectivity index (χ2n) is 4.55. The molecule has 88 valence electrons. The van der Waals surface area contributed by atoms with Gasteiger partial charge in [0.1, 0.15) is 5.15 Å². The van der Waals surface area contributed by atoms with E-state index in [0.29, 0.717) is 11.2 Å². The number of aromatic nitrogens is 1.